The molecule has 0 aliphatic carbocycles. The maximum atomic E-state index is 8.65. The number of rotatable bonds is 4. The monoisotopic (exact) mass is 327 g/mol. The lowest BCUT2D eigenvalue weighted by Crippen LogP contribution is -2.08. The van der Waals surface area contributed by atoms with E-state index in [4.69, 9.17) is 10.8 Å². The molecule has 0 aromatic carbocycles. The second kappa shape index (κ2) is 5.46. The minimum atomic E-state index is 0.0414. The van der Waals surface area contributed by atoms with Crippen molar-refractivity contribution in [3.63, 3.8) is 0 Å². The first-order valence-electron chi connectivity index (χ1n) is 3.96. The van der Waals surface area contributed by atoms with E-state index in [0.717, 1.165) is 26.0 Å². The van der Waals surface area contributed by atoms with Gasteiger partial charge in [0.25, 0.3) is 0 Å². The molecule has 1 rings (SSSR count). The van der Waals surface area contributed by atoms with Gasteiger partial charge < -0.3 is 10.8 Å². The van der Waals surface area contributed by atoms with Gasteiger partial charge in [0.1, 0.15) is 0 Å². The van der Waals surface area contributed by atoms with Crippen LogP contribution in [-0.2, 0) is 0 Å². The van der Waals surface area contributed by atoms with Crippen LogP contribution in [0.15, 0.2) is 14.3 Å². The van der Waals surface area contributed by atoms with Crippen LogP contribution in [0.3, 0.4) is 0 Å². The molecule has 2 nitrogen and oxygen atoms in total. The summed E-state index contributed by atoms with van der Waals surface area (Å²) in [6, 6.07) is 2.07. The summed E-state index contributed by atoms with van der Waals surface area (Å²) >= 11 is 8.47. The Labute approximate surface area is 98.4 Å². The molecule has 0 saturated heterocycles. The van der Waals surface area contributed by atoms with Gasteiger partial charge in [0.05, 0.1) is 3.79 Å². The molecule has 13 heavy (non-hydrogen) atoms. The van der Waals surface area contributed by atoms with E-state index in [1.807, 2.05) is 6.07 Å². The molecular formula is C8H11Br2NOS. The molecule has 0 saturated carbocycles. The summed E-state index contributed by atoms with van der Waals surface area (Å²) in [7, 11) is 0. The summed E-state index contributed by atoms with van der Waals surface area (Å²) in [5.74, 6) is 0. The summed E-state index contributed by atoms with van der Waals surface area (Å²) in [6.07, 6.45) is 1.59. The van der Waals surface area contributed by atoms with E-state index in [0.29, 0.717) is 0 Å². The van der Waals surface area contributed by atoms with Crippen molar-refractivity contribution in [2.24, 2.45) is 5.73 Å². The third-order valence-corrected chi connectivity index (χ3v) is 5.09. The van der Waals surface area contributed by atoms with Crippen molar-refractivity contribution in [3.8, 4) is 0 Å². The highest BCUT2D eigenvalue weighted by molar-refractivity contribution is 9.13. The maximum absolute atomic E-state index is 8.65. The van der Waals surface area contributed by atoms with Crippen molar-refractivity contribution < 1.29 is 5.11 Å². The molecule has 1 heterocycles. The fourth-order valence-electron chi connectivity index (χ4n) is 1.000. The number of hydrogen-bond acceptors (Lipinski definition) is 3. The molecule has 3 N–H and O–H groups in total. The molecule has 0 bridgehead atoms. The van der Waals surface area contributed by atoms with Gasteiger partial charge in [-0.3, -0.25) is 0 Å². The van der Waals surface area contributed by atoms with E-state index in [1.165, 1.54) is 0 Å². The molecule has 1 aromatic rings. The molecule has 1 aromatic heterocycles. The number of hydrogen-bond donors (Lipinski definition) is 2. The second-order valence-corrected chi connectivity index (χ2v) is 6.00. The summed E-state index contributed by atoms with van der Waals surface area (Å²) in [6.45, 7) is 0.210. The Kier molecular flexibility index (Phi) is 4.89. The topological polar surface area (TPSA) is 46.2 Å². The average molecular weight is 329 g/mol. The number of nitrogens with two attached hydrogens (primary N) is 1. The average Bonchev–Trinajstić information content (AvgIpc) is 2.43. The Hall–Kier alpha value is 0.580. The van der Waals surface area contributed by atoms with Crippen LogP contribution in [0.2, 0.25) is 0 Å². The first kappa shape index (κ1) is 11.7. The van der Waals surface area contributed by atoms with E-state index in [-0.39, 0.29) is 12.6 Å². The van der Waals surface area contributed by atoms with Crippen LogP contribution >= 0.6 is 43.2 Å². The number of aliphatic hydroxyl groups excluding tert-OH is 1. The highest BCUT2D eigenvalue weighted by Crippen LogP contribution is 2.35. The smallest absolute Gasteiger partial charge is 0.0843 e. The van der Waals surface area contributed by atoms with Crippen LogP contribution in [0.25, 0.3) is 0 Å². The van der Waals surface area contributed by atoms with Gasteiger partial charge in [-0.2, -0.15) is 0 Å². The Balaban J connectivity index is 2.60. The molecule has 5 heteroatoms. The van der Waals surface area contributed by atoms with Gasteiger partial charge in [-0.05, 0) is 50.8 Å². The zero-order valence-electron chi connectivity index (χ0n) is 6.96. The van der Waals surface area contributed by atoms with Crippen LogP contribution in [-0.4, -0.2) is 11.7 Å². The quantitative estimate of drug-likeness (QED) is 0.892. The summed E-state index contributed by atoms with van der Waals surface area (Å²) in [4.78, 5) is 1.15. The molecule has 0 spiro atoms. The van der Waals surface area contributed by atoms with Crippen molar-refractivity contribution in [3.05, 3.63) is 19.2 Å². The lowest BCUT2D eigenvalue weighted by Gasteiger charge is -2.06. The number of thiophene rings is 1. The molecule has 0 aliphatic rings. The summed E-state index contributed by atoms with van der Waals surface area (Å²) in [5, 5.41) is 8.65. The van der Waals surface area contributed by atoms with Gasteiger partial charge in [-0.25, -0.2) is 0 Å². The first-order valence-corrected chi connectivity index (χ1v) is 6.36. The molecule has 0 unspecified atom stereocenters. The fourth-order valence-corrected chi connectivity index (χ4v) is 3.13. The number of aliphatic hydroxyl groups is 1. The first-order chi connectivity index (χ1) is 6.15. The lowest BCUT2D eigenvalue weighted by molar-refractivity contribution is 0.280. The molecule has 74 valence electrons. The standard InChI is InChI=1S/C8H11Br2NOS/c9-5-4-7(13-8(5)10)6(11)2-1-3-12/h4,6,12H,1-3,11H2/t6-/m0/s1. The second-order valence-electron chi connectivity index (χ2n) is 2.74. The third kappa shape index (κ3) is 3.32. The van der Waals surface area contributed by atoms with Gasteiger partial charge >= 0.3 is 0 Å². The predicted molar refractivity (Wildman–Crippen MR) is 63.0 cm³/mol. The molecule has 0 amide bonds. The summed E-state index contributed by atoms with van der Waals surface area (Å²) < 4.78 is 2.12. The molecule has 0 radical (unpaired) electrons. The van der Waals surface area contributed by atoms with E-state index < -0.39 is 0 Å². The predicted octanol–water partition coefficient (Wildman–Crippen LogP) is 3.05. The van der Waals surface area contributed by atoms with Gasteiger partial charge in [-0.15, -0.1) is 11.3 Å². The van der Waals surface area contributed by atoms with E-state index in [1.54, 1.807) is 11.3 Å². The van der Waals surface area contributed by atoms with Crippen molar-refractivity contribution in [2.45, 2.75) is 18.9 Å². The maximum Gasteiger partial charge on any atom is 0.0843 e. The van der Waals surface area contributed by atoms with Crippen LogP contribution in [0, 0.1) is 0 Å². The normalized spacial score (nSPS) is 13.2. The van der Waals surface area contributed by atoms with Gasteiger partial charge in [0.15, 0.2) is 0 Å². The Morgan fingerprint density at radius 2 is 2.23 bits per heavy atom. The Morgan fingerprint density at radius 1 is 1.54 bits per heavy atom. The fraction of sp³-hybridized carbons (Fsp3) is 0.500. The van der Waals surface area contributed by atoms with Gasteiger partial charge in [-0.1, -0.05) is 0 Å². The molecule has 1 atom stereocenters. The molecule has 0 aliphatic heterocycles. The zero-order chi connectivity index (χ0) is 9.84. The minimum absolute atomic E-state index is 0.0414. The SMILES string of the molecule is N[C@@H](CCCO)c1cc(Br)c(Br)s1. The van der Waals surface area contributed by atoms with Gasteiger partial charge in [0.2, 0.25) is 0 Å². The zero-order valence-corrected chi connectivity index (χ0v) is 11.0. The van der Waals surface area contributed by atoms with Crippen molar-refractivity contribution >= 4 is 43.2 Å². The van der Waals surface area contributed by atoms with E-state index in [9.17, 15) is 0 Å². The van der Waals surface area contributed by atoms with E-state index >= 15 is 0 Å². The lowest BCUT2D eigenvalue weighted by atomic mass is 10.1. The van der Waals surface area contributed by atoms with Crippen LogP contribution in [0.1, 0.15) is 23.8 Å². The highest BCUT2D eigenvalue weighted by Gasteiger charge is 2.10. The van der Waals surface area contributed by atoms with Crippen molar-refractivity contribution in [1.29, 1.82) is 0 Å². The van der Waals surface area contributed by atoms with Crippen LogP contribution in [0.5, 0.6) is 0 Å². The van der Waals surface area contributed by atoms with Crippen molar-refractivity contribution in [1.82, 2.24) is 0 Å². The molecular weight excluding hydrogens is 318 g/mol. The Morgan fingerprint density at radius 3 is 2.69 bits per heavy atom. The van der Waals surface area contributed by atoms with Gasteiger partial charge in [0, 0.05) is 22.0 Å². The van der Waals surface area contributed by atoms with Crippen LogP contribution in [0.4, 0.5) is 0 Å². The Bertz CT molecular complexity index is 258. The number of halogens is 2. The minimum Gasteiger partial charge on any atom is -0.396 e. The summed E-state index contributed by atoms with van der Waals surface area (Å²) in [5.41, 5.74) is 5.92. The van der Waals surface area contributed by atoms with Crippen molar-refractivity contribution in [2.75, 3.05) is 6.61 Å². The largest absolute Gasteiger partial charge is 0.396 e. The third-order valence-electron chi connectivity index (χ3n) is 1.70. The highest BCUT2D eigenvalue weighted by atomic mass is 79.9. The molecule has 0 fully saturated rings. The van der Waals surface area contributed by atoms with E-state index in [2.05, 4.69) is 31.9 Å². The van der Waals surface area contributed by atoms with Crippen LogP contribution < -0.4 is 5.73 Å².